The predicted molar refractivity (Wildman–Crippen MR) is 131 cm³/mol. The van der Waals surface area contributed by atoms with Crippen LogP contribution in [0.5, 0.6) is 0 Å². The first kappa shape index (κ1) is 24.4. The Morgan fingerprint density at radius 2 is 1.84 bits per heavy atom. The summed E-state index contributed by atoms with van der Waals surface area (Å²) in [6, 6.07) is 7.43. The van der Waals surface area contributed by atoms with Crippen LogP contribution >= 0.6 is 11.5 Å². The van der Waals surface area contributed by atoms with Gasteiger partial charge in [-0.25, -0.2) is 0 Å². The maximum atomic E-state index is 13.2. The smallest absolute Gasteiger partial charge is 0.243 e. The number of rotatable bonds is 6. The third-order valence-electron chi connectivity index (χ3n) is 6.33. The molecule has 0 radical (unpaired) electrons. The normalized spacial score (nSPS) is 18.5. The molecule has 174 valence electrons. The Kier molecular flexibility index (Phi) is 7.40. The van der Waals surface area contributed by atoms with Gasteiger partial charge in [-0.3, -0.25) is 9.59 Å². The second-order valence-electron chi connectivity index (χ2n) is 9.83. The van der Waals surface area contributed by atoms with Crippen LogP contribution < -0.4 is 10.6 Å². The zero-order valence-corrected chi connectivity index (χ0v) is 21.1. The Hall–Kier alpha value is -2.25. The quantitative estimate of drug-likeness (QED) is 0.682. The van der Waals surface area contributed by atoms with E-state index in [1.807, 2.05) is 34.6 Å². The van der Waals surface area contributed by atoms with Gasteiger partial charge in [0.25, 0.3) is 0 Å². The number of hydrogen-bond donors (Lipinski definition) is 2. The summed E-state index contributed by atoms with van der Waals surface area (Å²) in [6.07, 6.45) is 1.55. The summed E-state index contributed by atoms with van der Waals surface area (Å²) >= 11 is 1.52. The van der Waals surface area contributed by atoms with E-state index in [-0.39, 0.29) is 29.3 Å². The van der Waals surface area contributed by atoms with E-state index < -0.39 is 6.04 Å². The minimum atomic E-state index is -0.412. The molecule has 1 aliphatic rings. The van der Waals surface area contributed by atoms with Gasteiger partial charge in [0.1, 0.15) is 6.04 Å². The van der Waals surface area contributed by atoms with Crippen molar-refractivity contribution >= 4 is 23.3 Å². The highest BCUT2D eigenvalue weighted by Gasteiger charge is 2.40. The monoisotopic (exact) mass is 456 g/mol. The second-order valence-corrected chi connectivity index (χ2v) is 10.8. The van der Waals surface area contributed by atoms with E-state index in [1.54, 1.807) is 11.9 Å². The highest BCUT2D eigenvalue weighted by atomic mass is 32.1. The number of likely N-dealkylation sites (tertiary alicyclic amines) is 1. The van der Waals surface area contributed by atoms with E-state index in [9.17, 15) is 9.59 Å². The molecule has 3 rings (SSSR count). The number of nitrogens with one attached hydrogen (secondary N) is 2. The number of nitrogens with zero attached hydrogens (tertiary/aromatic N) is 2. The molecule has 1 aliphatic heterocycles. The maximum Gasteiger partial charge on any atom is 0.243 e. The van der Waals surface area contributed by atoms with Gasteiger partial charge in [-0.1, -0.05) is 45.0 Å². The van der Waals surface area contributed by atoms with Crippen molar-refractivity contribution in [3.63, 3.8) is 0 Å². The number of aryl methyl sites for hydroxylation is 2. The van der Waals surface area contributed by atoms with Crippen molar-refractivity contribution in [1.29, 1.82) is 0 Å². The minimum absolute atomic E-state index is 0.00441. The van der Waals surface area contributed by atoms with Crippen LogP contribution in [-0.4, -0.2) is 46.8 Å². The Labute approximate surface area is 196 Å². The zero-order chi connectivity index (χ0) is 23.6. The van der Waals surface area contributed by atoms with Crippen LogP contribution in [0.1, 0.15) is 62.7 Å². The molecule has 7 heteroatoms. The fourth-order valence-corrected chi connectivity index (χ4v) is 5.34. The first-order chi connectivity index (χ1) is 15.0. The molecule has 2 amide bonds. The van der Waals surface area contributed by atoms with E-state index in [2.05, 4.69) is 46.2 Å². The lowest BCUT2D eigenvalue weighted by Crippen LogP contribution is -2.55. The fourth-order valence-electron chi connectivity index (χ4n) is 4.62. The summed E-state index contributed by atoms with van der Waals surface area (Å²) < 4.78 is 4.44. The second kappa shape index (κ2) is 9.71. The van der Waals surface area contributed by atoms with E-state index in [1.165, 1.54) is 22.0 Å². The van der Waals surface area contributed by atoms with Crippen LogP contribution in [0, 0.1) is 19.3 Å². The zero-order valence-electron chi connectivity index (χ0n) is 20.3. The molecule has 3 atom stereocenters. The molecule has 2 N–H and O–H groups in total. The Morgan fingerprint density at radius 1 is 1.19 bits per heavy atom. The van der Waals surface area contributed by atoms with Crippen LogP contribution in [0.2, 0.25) is 0 Å². The van der Waals surface area contributed by atoms with Gasteiger partial charge in [-0.05, 0) is 68.7 Å². The van der Waals surface area contributed by atoms with Gasteiger partial charge in [0.2, 0.25) is 11.8 Å². The molecule has 1 saturated heterocycles. The van der Waals surface area contributed by atoms with Crippen molar-refractivity contribution in [1.82, 2.24) is 19.9 Å². The molecule has 32 heavy (non-hydrogen) atoms. The van der Waals surface area contributed by atoms with Crippen LogP contribution in [0.4, 0.5) is 0 Å². The van der Waals surface area contributed by atoms with E-state index >= 15 is 0 Å². The highest BCUT2D eigenvalue weighted by molar-refractivity contribution is 7.06. The van der Waals surface area contributed by atoms with Crippen molar-refractivity contribution in [3.8, 4) is 11.1 Å². The molecule has 0 aliphatic carbocycles. The predicted octanol–water partition coefficient (Wildman–Crippen LogP) is 4.23. The molecule has 0 bridgehead atoms. The van der Waals surface area contributed by atoms with Gasteiger partial charge >= 0.3 is 0 Å². The first-order valence-electron chi connectivity index (χ1n) is 11.4. The lowest BCUT2D eigenvalue weighted by atomic mass is 9.86. The SMILES string of the molecule is CN[C@H](C(=O)N1CCC[C@H]1C(=O)N[C@@H](C)c1ccc(-c2c(C)nsc2C)cc1)C(C)(C)C. The van der Waals surface area contributed by atoms with Gasteiger partial charge in [0, 0.05) is 17.0 Å². The summed E-state index contributed by atoms with van der Waals surface area (Å²) in [7, 11) is 1.81. The van der Waals surface area contributed by atoms with Gasteiger partial charge in [0.15, 0.2) is 0 Å². The number of likely N-dealkylation sites (N-methyl/N-ethyl adjacent to an activating group) is 1. The molecule has 0 spiro atoms. The number of hydrogen-bond acceptors (Lipinski definition) is 5. The molecular formula is C25H36N4O2S. The van der Waals surface area contributed by atoms with Crippen LogP contribution in [0.25, 0.3) is 11.1 Å². The average Bonchev–Trinajstić information content (AvgIpc) is 3.34. The number of carbonyl (C=O) groups is 2. The van der Waals surface area contributed by atoms with E-state index in [0.717, 1.165) is 23.2 Å². The number of benzene rings is 1. The largest absolute Gasteiger partial charge is 0.348 e. The molecule has 0 unspecified atom stereocenters. The summed E-state index contributed by atoms with van der Waals surface area (Å²) in [5.74, 6) is -0.0744. The number of carbonyl (C=O) groups excluding carboxylic acids is 2. The maximum absolute atomic E-state index is 13.2. The van der Waals surface area contributed by atoms with Crippen molar-refractivity contribution in [2.24, 2.45) is 5.41 Å². The average molecular weight is 457 g/mol. The molecule has 6 nitrogen and oxygen atoms in total. The molecule has 2 aromatic rings. The van der Waals surface area contributed by atoms with Crippen LogP contribution in [0.15, 0.2) is 24.3 Å². The van der Waals surface area contributed by atoms with Crippen molar-refractivity contribution in [2.75, 3.05) is 13.6 Å². The molecule has 1 aromatic heterocycles. The number of amides is 2. The summed E-state index contributed by atoms with van der Waals surface area (Å²) in [6.45, 7) is 12.9. The fraction of sp³-hybridized carbons (Fsp3) is 0.560. The van der Waals surface area contributed by atoms with E-state index in [4.69, 9.17) is 0 Å². The van der Waals surface area contributed by atoms with E-state index in [0.29, 0.717) is 13.0 Å². The van der Waals surface area contributed by atoms with Crippen molar-refractivity contribution in [2.45, 2.75) is 72.5 Å². The van der Waals surface area contributed by atoms with Crippen molar-refractivity contribution in [3.05, 3.63) is 40.4 Å². The summed E-state index contributed by atoms with van der Waals surface area (Å²) in [5.41, 5.74) is 4.20. The molecule has 2 heterocycles. The standard InChI is InChI=1S/C25H36N4O2S/c1-15(18-10-12-19(13-11-18)21-16(2)28-32-17(21)3)27-23(30)20-9-8-14-29(20)24(31)22(26-7)25(4,5)6/h10-13,15,20,22,26H,8-9,14H2,1-7H3,(H,27,30)/t15-,20-,22+/m0/s1. The summed E-state index contributed by atoms with van der Waals surface area (Å²) in [4.78, 5) is 29.3. The topological polar surface area (TPSA) is 74.3 Å². The lowest BCUT2D eigenvalue weighted by molar-refractivity contribution is -0.142. The van der Waals surface area contributed by atoms with Gasteiger partial charge in [-0.2, -0.15) is 4.37 Å². The lowest BCUT2D eigenvalue weighted by Gasteiger charge is -2.35. The molecule has 0 saturated carbocycles. The van der Waals surface area contributed by atoms with Gasteiger partial charge in [-0.15, -0.1) is 0 Å². The minimum Gasteiger partial charge on any atom is -0.348 e. The molecule has 1 aromatic carbocycles. The van der Waals surface area contributed by atoms with Gasteiger partial charge < -0.3 is 15.5 Å². The Bertz CT molecular complexity index is 942. The third kappa shape index (κ3) is 5.04. The van der Waals surface area contributed by atoms with Gasteiger partial charge in [0.05, 0.1) is 17.8 Å². The molecule has 1 fully saturated rings. The summed E-state index contributed by atoms with van der Waals surface area (Å²) in [5, 5.41) is 6.27. The molecular weight excluding hydrogens is 420 g/mol. The first-order valence-corrected chi connectivity index (χ1v) is 12.1. The third-order valence-corrected chi connectivity index (χ3v) is 7.17. The number of aromatic nitrogens is 1. The van der Waals surface area contributed by atoms with Crippen LogP contribution in [-0.2, 0) is 9.59 Å². The highest BCUT2D eigenvalue weighted by Crippen LogP contribution is 2.30. The Morgan fingerprint density at radius 3 is 2.38 bits per heavy atom. The van der Waals surface area contributed by atoms with Crippen molar-refractivity contribution < 1.29 is 9.59 Å². The van der Waals surface area contributed by atoms with Crippen LogP contribution in [0.3, 0.4) is 0 Å². The Balaban J connectivity index is 1.69.